The molecule has 0 aromatic carbocycles. The van der Waals surface area contributed by atoms with Gasteiger partial charge in [0, 0.05) is 18.0 Å². The molecule has 0 saturated carbocycles. The number of hydrogen-bond acceptors (Lipinski definition) is 4. The summed E-state index contributed by atoms with van der Waals surface area (Å²) < 4.78 is 21.9. The smallest absolute Gasteiger partial charge is 0.192 e. The maximum atomic E-state index is 11.0. The van der Waals surface area contributed by atoms with Gasteiger partial charge in [-0.2, -0.15) is 0 Å². The van der Waals surface area contributed by atoms with Crippen LogP contribution in [0, 0.1) is 0 Å². The van der Waals surface area contributed by atoms with Crippen LogP contribution in [0.4, 0.5) is 0 Å². The molecule has 0 aliphatic heterocycles. The van der Waals surface area contributed by atoms with E-state index in [0.29, 0.717) is 5.56 Å². The fourth-order valence-electron chi connectivity index (χ4n) is 0.808. The summed E-state index contributed by atoms with van der Waals surface area (Å²) in [5.74, 6) is -0.132. The van der Waals surface area contributed by atoms with E-state index in [9.17, 15) is 13.2 Å². The van der Waals surface area contributed by atoms with E-state index in [-0.39, 0.29) is 10.8 Å². The van der Waals surface area contributed by atoms with Crippen LogP contribution in [0.3, 0.4) is 0 Å². The summed E-state index contributed by atoms with van der Waals surface area (Å²) in [5.41, 5.74) is 0.410. The van der Waals surface area contributed by atoms with Crippen molar-refractivity contribution < 1.29 is 13.2 Å². The highest BCUT2D eigenvalue weighted by Crippen LogP contribution is 2.06. The largest absolute Gasteiger partial charge is 0.294 e. The van der Waals surface area contributed by atoms with Gasteiger partial charge < -0.3 is 0 Å². The molecule has 1 heterocycles. The third-order valence-electron chi connectivity index (χ3n) is 1.52. The molecule has 70 valence electrons. The van der Waals surface area contributed by atoms with Crippen molar-refractivity contribution in [3.63, 3.8) is 0 Å². The summed E-state index contributed by atoms with van der Waals surface area (Å²) in [6.45, 7) is 1.40. The zero-order valence-corrected chi connectivity index (χ0v) is 8.13. The molecule has 0 bridgehead atoms. The quantitative estimate of drug-likeness (QED) is 0.657. The Morgan fingerprint density at radius 2 is 2.00 bits per heavy atom. The van der Waals surface area contributed by atoms with Gasteiger partial charge in [0.05, 0.1) is 0 Å². The van der Waals surface area contributed by atoms with Gasteiger partial charge in [-0.05, 0) is 19.1 Å². The lowest BCUT2D eigenvalue weighted by Crippen LogP contribution is -2.01. The molecular formula is C8H9NO3S. The van der Waals surface area contributed by atoms with Crippen LogP contribution in [0.5, 0.6) is 0 Å². The monoisotopic (exact) mass is 199 g/mol. The van der Waals surface area contributed by atoms with Gasteiger partial charge in [-0.15, -0.1) is 0 Å². The standard InChI is InChI=1S/C8H9NO3S/c1-6(10)7-3-4-8(9-5-7)13(2,11)12/h3-5H,1-2H3. The molecule has 0 radical (unpaired) electrons. The lowest BCUT2D eigenvalue weighted by Gasteiger charge is -1.97. The fourth-order valence-corrected chi connectivity index (χ4v) is 1.37. The lowest BCUT2D eigenvalue weighted by molar-refractivity contribution is 0.101. The molecule has 1 rings (SSSR count). The fraction of sp³-hybridized carbons (Fsp3) is 0.250. The van der Waals surface area contributed by atoms with Crippen molar-refractivity contribution in [2.24, 2.45) is 0 Å². The van der Waals surface area contributed by atoms with Crippen LogP contribution >= 0.6 is 0 Å². The first-order chi connectivity index (χ1) is 5.91. The van der Waals surface area contributed by atoms with E-state index in [1.54, 1.807) is 0 Å². The molecule has 1 aromatic heterocycles. The zero-order chi connectivity index (χ0) is 10.1. The Morgan fingerprint density at radius 1 is 1.38 bits per heavy atom. The normalized spacial score (nSPS) is 11.2. The molecule has 0 unspecified atom stereocenters. The first-order valence-electron chi connectivity index (χ1n) is 3.58. The topological polar surface area (TPSA) is 64.1 Å². The second-order valence-corrected chi connectivity index (χ2v) is 4.68. The molecule has 13 heavy (non-hydrogen) atoms. The highest BCUT2D eigenvalue weighted by Gasteiger charge is 2.08. The molecule has 0 fully saturated rings. The van der Waals surface area contributed by atoms with E-state index in [1.807, 2.05) is 0 Å². The number of nitrogens with zero attached hydrogens (tertiary/aromatic N) is 1. The molecule has 0 saturated heterocycles. The van der Waals surface area contributed by atoms with Crippen LogP contribution < -0.4 is 0 Å². The summed E-state index contributed by atoms with van der Waals surface area (Å²) >= 11 is 0. The summed E-state index contributed by atoms with van der Waals surface area (Å²) in [6, 6.07) is 2.78. The predicted octanol–water partition coefficient (Wildman–Crippen LogP) is 0.688. The number of pyridine rings is 1. The van der Waals surface area contributed by atoms with Gasteiger partial charge in [0.1, 0.15) is 0 Å². The molecule has 0 amide bonds. The van der Waals surface area contributed by atoms with Crippen LogP contribution in [0.25, 0.3) is 0 Å². The average molecular weight is 199 g/mol. The van der Waals surface area contributed by atoms with E-state index in [4.69, 9.17) is 0 Å². The van der Waals surface area contributed by atoms with E-state index in [2.05, 4.69) is 4.98 Å². The molecule has 0 aliphatic carbocycles. The van der Waals surface area contributed by atoms with Gasteiger partial charge >= 0.3 is 0 Å². The Kier molecular flexibility index (Phi) is 2.47. The minimum Gasteiger partial charge on any atom is -0.294 e. The van der Waals surface area contributed by atoms with Crippen LogP contribution in [0.1, 0.15) is 17.3 Å². The number of Topliss-reactive ketones (excluding diaryl/α,β-unsaturated/α-hetero) is 1. The Bertz CT molecular complexity index is 419. The molecular weight excluding hydrogens is 190 g/mol. The van der Waals surface area contributed by atoms with E-state index >= 15 is 0 Å². The van der Waals surface area contributed by atoms with Crippen LogP contribution in [0.2, 0.25) is 0 Å². The first kappa shape index (κ1) is 9.85. The van der Waals surface area contributed by atoms with Crippen molar-refractivity contribution in [3.05, 3.63) is 23.9 Å². The van der Waals surface area contributed by atoms with E-state index in [1.165, 1.54) is 25.3 Å². The van der Waals surface area contributed by atoms with Gasteiger partial charge in [-0.25, -0.2) is 13.4 Å². The van der Waals surface area contributed by atoms with Crippen LogP contribution in [-0.2, 0) is 9.84 Å². The lowest BCUT2D eigenvalue weighted by atomic mass is 10.2. The molecule has 0 aliphatic rings. The van der Waals surface area contributed by atoms with Crippen molar-refractivity contribution in [1.82, 2.24) is 4.98 Å². The Balaban J connectivity index is 3.16. The summed E-state index contributed by atoms with van der Waals surface area (Å²) in [7, 11) is -3.27. The zero-order valence-electron chi connectivity index (χ0n) is 7.31. The minimum absolute atomic E-state index is 0.0162. The number of hydrogen-bond donors (Lipinski definition) is 0. The number of carbonyl (C=O) groups excluding carboxylic acids is 1. The van der Waals surface area contributed by atoms with Gasteiger partial charge in [-0.3, -0.25) is 4.79 Å². The minimum atomic E-state index is -3.27. The van der Waals surface area contributed by atoms with E-state index < -0.39 is 9.84 Å². The molecule has 0 spiro atoms. The maximum absolute atomic E-state index is 11.0. The second kappa shape index (κ2) is 3.26. The van der Waals surface area contributed by atoms with Crippen molar-refractivity contribution in [1.29, 1.82) is 0 Å². The molecule has 0 N–H and O–H groups in total. The van der Waals surface area contributed by atoms with Crippen LogP contribution in [0.15, 0.2) is 23.4 Å². The second-order valence-electron chi connectivity index (χ2n) is 2.71. The average Bonchev–Trinajstić information content (AvgIpc) is 2.03. The SMILES string of the molecule is CC(=O)c1ccc(S(C)(=O)=O)nc1. The Morgan fingerprint density at radius 3 is 2.31 bits per heavy atom. The van der Waals surface area contributed by atoms with Crippen molar-refractivity contribution >= 4 is 15.6 Å². The van der Waals surface area contributed by atoms with Gasteiger partial charge in [0.15, 0.2) is 20.6 Å². The van der Waals surface area contributed by atoms with Crippen molar-refractivity contribution in [2.75, 3.05) is 6.26 Å². The highest BCUT2D eigenvalue weighted by atomic mass is 32.2. The van der Waals surface area contributed by atoms with Crippen molar-refractivity contribution in [3.8, 4) is 0 Å². The Hall–Kier alpha value is -1.23. The molecule has 5 heteroatoms. The molecule has 1 aromatic rings. The third kappa shape index (κ3) is 2.35. The van der Waals surface area contributed by atoms with Crippen molar-refractivity contribution in [2.45, 2.75) is 11.9 Å². The maximum Gasteiger partial charge on any atom is 0.192 e. The third-order valence-corrected chi connectivity index (χ3v) is 2.52. The highest BCUT2D eigenvalue weighted by molar-refractivity contribution is 7.90. The van der Waals surface area contributed by atoms with Gasteiger partial charge in [0.2, 0.25) is 0 Å². The van der Waals surface area contributed by atoms with Crippen LogP contribution in [-0.4, -0.2) is 25.4 Å². The summed E-state index contributed by atoms with van der Waals surface area (Å²) in [4.78, 5) is 14.5. The number of aromatic nitrogens is 1. The Labute approximate surface area is 76.5 Å². The summed E-state index contributed by atoms with van der Waals surface area (Å²) in [6.07, 6.45) is 2.33. The predicted molar refractivity (Wildman–Crippen MR) is 47.4 cm³/mol. The number of carbonyl (C=O) groups is 1. The summed E-state index contributed by atoms with van der Waals surface area (Å²) in [5, 5.41) is -0.0162. The molecule has 0 atom stereocenters. The number of ketones is 1. The number of rotatable bonds is 2. The van der Waals surface area contributed by atoms with Gasteiger partial charge in [0.25, 0.3) is 0 Å². The first-order valence-corrected chi connectivity index (χ1v) is 5.47. The van der Waals surface area contributed by atoms with E-state index in [0.717, 1.165) is 6.26 Å². The van der Waals surface area contributed by atoms with Gasteiger partial charge in [-0.1, -0.05) is 0 Å². The number of sulfone groups is 1. The molecule has 4 nitrogen and oxygen atoms in total.